The topological polar surface area (TPSA) is 12.9 Å². The minimum Gasteiger partial charge on any atom is -0.263 e. The fraction of sp³-hybridized carbons (Fsp3) is 0.214. The van der Waals surface area contributed by atoms with Gasteiger partial charge in [0.15, 0.2) is 0 Å². The van der Waals surface area contributed by atoms with Gasteiger partial charge in [-0.1, -0.05) is 12.1 Å². The van der Waals surface area contributed by atoms with Gasteiger partial charge in [0.1, 0.15) is 0 Å². The Bertz CT molecular complexity index is 692. The van der Waals surface area contributed by atoms with Crippen molar-refractivity contribution in [1.82, 2.24) is 4.98 Å². The summed E-state index contributed by atoms with van der Waals surface area (Å²) < 4.78 is 115. The molecule has 10 heteroatoms. The predicted molar refractivity (Wildman–Crippen MR) is 64.7 cm³/mol. The Morgan fingerprint density at radius 2 is 1.00 bits per heavy atom. The molecule has 24 heavy (non-hydrogen) atoms. The van der Waals surface area contributed by atoms with Crippen LogP contribution in [0.4, 0.5) is 39.5 Å². The van der Waals surface area contributed by atoms with E-state index in [0.717, 1.165) is 0 Å². The molecule has 1 nitrogen and oxygen atoms in total. The molecule has 0 spiro atoms. The van der Waals surface area contributed by atoms with Crippen LogP contribution < -0.4 is 0 Å². The fourth-order valence-corrected chi connectivity index (χ4v) is 2.03. The summed E-state index contributed by atoms with van der Waals surface area (Å²) in [5.74, 6) is 0. The number of benzene rings is 1. The fourth-order valence-electron chi connectivity index (χ4n) is 2.03. The number of hydrogen-bond acceptors (Lipinski definition) is 1. The Morgan fingerprint density at radius 3 is 1.33 bits per heavy atom. The molecule has 0 aliphatic rings. The predicted octanol–water partition coefficient (Wildman–Crippen LogP) is 5.81. The molecule has 0 atom stereocenters. The lowest BCUT2D eigenvalue weighted by Gasteiger charge is -2.18. The number of halogens is 9. The molecule has 0 N–H and O–H groups in total. The largest absolute Gasteiger partial charge is 0.418 e. The molecule has 0 saturated heterocycles. The van der Waals surface area contributed by atoms with E-state index in [2.05, 4.69) is 4.98 Å². The van der Waals surface area contributed by atoms with E-state index >= 15 is 0 Å². The number of pyridine rings is 1. The minimum absolute atomic E-state index is 0.197. The standard InChI is InChI=1S/C14H6F9N/c15-12(16,17)8-3-1-7(2-4-8)11-9(13(18,19)20)5-24-6-10(11)14(21,22)23/h1-6H. The molecule has 1 aromatic carbocycles. The first-order valence-corrected chi connectivity index (χ1v) is 6.12. The van der Waals surface area contributed by atoms with Crippen LogP contribution in [-0.4, -0.2) is 4.98 Å². The molecular formula is C14H6F9N. The summed E-state index contributed by atoms with van der Waals surface area (Å²) in [6, 6.07) is 1.94. The Morgan fingerprint density at radius 1 is 0.583 bits per heavy atom. The van der Waals surface area contributed by atoms with Gasteiger partial charge < -0.3 is 0 Å². The second-order valence-electron chi connectivity index (χ2n) is 4.68. The van der Waals surface area contributed by atoms with Gasteiger partial charge in [-0.3, -0.25) is 4.98 Å². The first-order valence-electron chi connectivity index (χ1n) is 6.12. The van der Waals surface area contributed by atoms with Crippen LogP contribution in [0.25, 0.3) is 11.1 Å². The molecule has 1 heterocycles. The van der Waals surface area contributed by atoms with E-state index in [0.29, 0.717) is 24.3 Å². The molecule has 0 unspecified atom stereocenters. The van der Waals surface area contributed by atoms with E-state index in [1.807, 2.05) is 0 Å². The Labute approximate surface area is 128 Å². The quantitative estimate of drug-likeness (QED) is 0.586. The Hall–Kier alpha value is -2.26. The maximum atomic E-state index is 13.0. The van der Waals surface area contributed by atoms with Crippen LogP contribution in [0.15, 0.2) is 36.7 Å². The molecule has 0 saturated carbocycles. The Kier molecular flexibility index (Phi) is 4.28. The summed E-state index contributed by atoms with van der Waals surface area (Å²) >= 11 is 0. The third-order valence-electron chi connectivity index (χ3n) is 3.06. The van der Waals surface area contributed by atoms with E-state index < -0.39 is 46.3 Å². The van der Waals surface area contributed by atoms with Gasteiger partial charge in [-0.05, 0) is 17.7 Å². The molecule has 0 radical (unpaired) electrons. The second kappa shape index (κ2) is 5.67. The summed E-state index contributed by atoms with van der Waals surface area (Å²) in [6.45, 7) is 0. The van der Waals surface area contributed by atoms with Crippen LogP contribution in [0.1, 0.15) is 16.7 Å². The van der Waals surface area contributed by atoms with E-state index in [1.165, 1.54) is 0 Å². The van der Waals surface area contributed by atoms with Gasteiger partial charge in [-0.2, -0.15) is 39.5 Å². The molecule has 2 aromatic rings. The first-order chi connectivity index (χ1) is 10.8. The van der Waals surface area contributed by atoms with E-state index in [4.69, 9.17) is 0 Å². The van der Waals surface area contributed by atoms with Crippen molar-refractivity contribution in [2.75, 3.05) is 0 Å². The first kappa shape index (κ1) is 18.1. The molecule has 130 valence electrons. The summed E-state index contributed by atoms with van der Waals surface area (Å²) in [4.78, 5) is 2.94. The van der Waals surface area contributed by atoms with Crippen molar-refractivity contribution in [3.63, 3.8) is 0 Å². The number of aromatic nitrogens is 1. The van der Waals surface area contributed by atoms with E-state index in [-0.39, 0.29) is 12.4 Å². The highest BCUT2D eigenvalue weighted by Gasteiger charge is 2.41. The lowest BCUT2D eigenvalue weighted by Crippen LogP contribution is -2.15. The van der Waals surface area contributed by atoms with Gasteiger partial charge in [0.25, 0.3) is 0 Å². The zero-order chi connectivity index (χ0) is 18.3. The van der Waals surface area contributed by atoms with Gasteiger partial charge >= 0.3 is 18.5 Å². The molecule has 0 aliphatic heterocycles. The molecule has 2 rings (SSSR count). The lowest BCUT2D eigenvalue weighted by atomic mass is 9.95. The van der Waals surface area contributed by atoms with Gasteiger partial charge in [0, 0.05) is 18.0 Å². The van der Waals surface area contributed by atoms with Gasteiger partial charge in [0.05, 0.1) is 16.7 Å². The SMILES string of the molecule is FC(F)(F)c1ccc(-c2c(C(F)(F)F)cncc2C(F)(F)F)cc1. The van der Waals surface area contributed by atoms with Crippen molar-refractivity contribution < 1.29 is 39.5 Å². The highest BCUT2D eigenvalue weighted by Crippen LogP contribution is 2.44. The zero-order valence-electron chi connectivity index (χ0n) is 11.3. The van der Waals surface area contributed by atoms with E-state index in [9.17, 15) is 39.5 Å². The number of hydrogen-bond donors (Lipinski definition) is 0. The van der Waals surface area contributed by atoms with Crippen LogP contribution in [0.2, 0.25) is 0 Å². The van der Waals surface area contributed by atoms with Crippen molar-refractivity contribution in [3.05, 3.63) is 53.3 Å². The highest BCUT2D eigenvalue weighted by molar-refractivity contribution is 5.72. The number of alkyl halides is 9. The molecular weight excluding hydrogens is 353 g/mol. The summed E-state index contributed by atoms with van der Waals surface area (Å²) in [6.07, 6.45) is -14.7. The molecule has 0 fully saturated rings. The summed E-state index contributed by atoms with van der Waals surface area (Å²) in [7, 11) is 0. The maximum Gasteiger partial charge on any atom is 0.418 e. The number of rotatable bonds is 1. The van der Waals surface area contributed by atoms with Crippen LogP contribution in [-0.2, 0) is 18.5 Å². The average Bonchev–Trinajstić information content (AvgIpc) is 2.44. The van der Waals surface area contributed by atoms with Crippen LogP contribution >= 0.6 is 0 Å². The van der Waals surface area contributed by atoms with Crippen LogP contribution in [0.3, 0.4) is 0 Å². The minimum atomic E-state index is -5.16. The smallest absolute Gasteiger partial charge is 0.263 e. The maximum absolute atomic E-state index is 13.0. The van der Waals surface area contributed by atoms with Gasteiger partial charge in [-0.25, -0.2) is 0 Å². The highest BCUT2D eigenvalue weighted by atomic mass is 19.4. The van der Waals surface area contributed by atoms with E-state index in [1.54, 1.807) is 0 Å². The van der Waals surface area contributed by atoms with Crippen molar-refractivity contribution in [2.24, 2.45) is 0 Å². The zero-order valence-corrected chi connectivity index (χ0v) is 11.3. The van der Waals surface area contributed by atoms with Crippen LogP contribution in [0.5, 0.6) is 0 Å². The van der Waals surface area contributed by atoms with Gasteiger partial charge in [-0.15, -0.1) is 0 Å². The third-order valence-corrected chi connectivity index (χ3v) is 3.06. The molecule has 1 aromatic heterocycles. The second-order valence-corrected chi connectivity index (χ2v) is 4.68. The van der Waals surface area contributed by atoms with Crippen molar-refractivity contribution in [3.8, 4) is 11.1 Å². The van der Waals surface area contributed by atoms with Crippen molar-refractivity contribution >= 4 is 0 Å². The van der Waals surface area contributed by atoms with Crippen molar-refractivity contribution in [2.45, 2.75) is 18.5 Å². The summed E-state index contributed by atoms with van der Waals surface area (Å²) in [5, 5.41) is 0. The molecule has 0 amide bonds. The lowest BCUT2D eigenvalue weighted by molar-refractivity contribution is -0.142. The molecule has 0 aliphatic carbocycles. The monoisotopic (exact) mass is 359 g/mol. The summed E-state index contributed by atoms with van der Waals surface area (Å²) in [5.41, 5.74) is -6.47. The molecule has 0 bridgehead atoms. The van der Waals surface area contributed by atoms with Gasteiger partial charge in [0.2, 0.25) is 0 Å². The number of nitrogens with zero attached hydrogens (tertiary/aromatic N) is 1. The average molecular weight is 359 g/mol. The third kappa shape index (κ3) is 3.62. The van der Waals surface area contributed by atoms with Crippen molar-refractivity contribution in [1.29, 1.82) is 0 Å². The normalized spacial score (nSPS) is 13.2. The van der Waals surface area contributed by atoms with Crippen LogP contribution in [0, 0.1) is 0 Å². The Balaban J connectivity index is 2.72.